The molecule has 1 heterocycles. The van der Waals surface area contributed by atoms with Crippen molar-refractivity contribution < 1.29 is 27.5 Å². The molecule has 0 spiro atoms. The number of Topliss-reactive ketones (excluding diaryl/α,β-unsaturated/α-hetero) is 1. The minimum Gasteiger partial charge on any atom is -0.462 e. The Kier molecular flexibility index (Phi) is 5.85. The predicted molar refractivity (Wildman–Crippen MR) is 106 cm³/mol. The molecule has 30 heavy (non-hydrogen) atoms. The van der Waals surface area contributed by atoms with E-state index in [9.17, 15) is 22.8 Å². The number of dihydropyridines is 1. The summed E-state index contributed by atoms with van der Waals surface area (Å²) in [5.74, 6) is -2.07. The summed E-state index contributed by atoms with van der Waals surface area (Å²) >= 11 is 0. The fourth-order valence-electron chi connectivity index (χ4n) is 4.30. The summed E-state index contributed by atoms with van der Waals surface area (Å²) in [6.45, 7) is 7.51. The lowest BCUT2D eigenvalue weighted by Gasteiger charge is -2.40. The summed E-state index contributed by atoms with van der Waals surface area (Å²) in [7, 11) is 0. The second-order valence-corrected chi connectivity index (χ2v) is 8.65. The molecular weight excluding hydrogens is 395 g/mol. The Bertz CT molecular complexity index is 941. The lowest BCUT2D eigenvalue weighted by atomic mass is 9.68. The van der Waals surface area contributed by atoms with Crippen LogP contribution in [0, 0.1) is 5.41 Å². The van der Waals surface area contributed by atoms with Crippen molar-refractivity contribution in [2.75, 3.05) is 6.61 Å². The molecule has 1 aromatic carbocycles. The highest BCUT2D eigenvalue weighted by molar-refractivity contribution is 6.04. The van der Waals surface area contributed by atoms with Gasteiger partial charge >= 0.3 is 12.1 Å². The number of ether oxygens (including phenoxy) is 1. The van der Waals surface area contributed by atoms with Crippen molar-refractivity contribution in [2.24, 2.45) is 5.41 Å². The maximum absolute atomic E-state index is 13.8. The molecule has 2 aliphatic rings. The Hall–Kier alpha value is -2.57. The van der Waals surface area contributed by atoms with Crippen molar-refractivity contribution >= 4 is 11.8 Å². The molecule has 0 saturated heterocycles. The molecule has 1 atom stereocenters. The first-order valence-corrected chi connectivity index (χ1v) is 10.0. The van der Waals surface area contributed by atoms with E-state index in [-0.39, 0.29) is 40.9 Å². The van der Waals surface area contributed by atoms with Crippen LogP contribution in [0.2, 0.25) is 0 Å². The third-order valence-corrected chi connectivity index (χ3v) is 5.47. The number of hydrogen-bond acceptors (Lipinski definition) is 4. The van der Waals surface area contributed by atoms with Crippen LogP contribution in [0.25, 0.3) is 0 Å². The van der Waals surface area contributed by atoms with Crippen molar-refractivity contribution in [2.45, 2.75) is 59.1 Å². The van der Waals surface area contributed by atoms with Gasteiger partial charge in [-0.25, -0.2) is 4.79 Å². The molecule has 0 fully saturated rings. The zero-order chi connectivity index (χ0) is 22.3. The number of halogens is 3. The van der Waals surface area contributed by atoms with E-state index in [1.807, 2.05) is 20.8 Å². The molecule has 0 amide bonds. The SMILES string of the molecule is CCCOC(=O)C1=C(C)NC2=C(C(=O)CC(C)(C)C2)C1c1ccccc1C(F)(F)F. The summed E-state index contributed by atoms with van der Waals surface area (Å²) in [6.07, 6.45) is -3.33. The minimum atomic E-state index is -4.62. The smallest absolute Gasteiger partial charge is 0.416 e. The lowest BCUT2D eigenvalue weighted by Crippen LogP contribution is -2.39. The monoisotopic (exact) mass is 421 g/mol. The maximum Gasteiger partial charge on any atom is 0.416 e. The van der Waals surface area contributed by atoms with Gasteiger partial charge in [0.05, 0.1) is 17.7 Å². The summed E-state index contributed by atoms with van der Waals surface area (Å²) in [5, 5.41) is 3.13. The van der Waals surface area contributed by atoms with Crippen molar-refractivity contribution in [1.29, 1.82) is 0 Å². The number of alkyl halides is 3. The standard InChI is InChI=1S/C23H26F3NO3/c1-5-10-30-21(29)18-13(2)27-16-11-22(3,4)12-17(28)20(16)19(18)14-8-6-7-9-15(14)23(24,25)26/h6-9,19,27H,5,10-12H2,1-4H3. The second kappa shape index (κ2) is 7.93. The van der Waals surface area contributed by atoms with Crippen molar-refractivity contribution in [3.05, 3.63) is 57.9 Å². The van der Waals surface area contributed by atoms with E-state index in [4.69, 9.17) is 4.74 Å². The highest BCUT2D eigenvalue weighted by Gasteiger charge is 2.46. The van der Waals surface area contributed by atoms with Crippen molar-refractivity contribution in [1.82, 2.24) is 5.32 Å². The first-order valence-electron chi connectivity index (χ1n) is 10.0. The molecule has 1 N–H and O–H groups in total. The average Bonchev–Trinajstić information content (AvgIpc) is 2.63. The van der Waals surface area contributed by atoms with Crippen molar-refractivity contribution in [3.8, 4) is 0 Å². The van der Waals surface area contributed by atoms with Gasteiger partial charge in [0.1, 0.15) is 0 Å². The number of carbonyl (C=O) groups is 2. The lowest BCUT2D eigenvalue weighted by molar-refractivity contribution is -0.141. The average molecular weight is 421 g/mol. The Morgan fingerprint density at radius 3 is 2.53 bits per heavy atom. The Morgan fingerprint density at radius 2 is 1.90 bits per heavy atom. The van der Waals surface area contributed by atoms with E-state index in [1.165, 1.54) is 18.2 Å². The van der Waals surface area contributed by atoms with Crippen LogP contribution in [0.3, 0.4) is 0 Å². The van der Waals surface area contributed by atoms with Crippen LogP contribution in [-0.2, 0) is 20.5 Å². The molecule has 0 saturated carbocycles. The molecule has 0 aromatic heterocycles. The van der Waals surface area contributed by atoms with Gasteiger partial charge < -0.3 is 10.1 Å². The van der Waals surface area contributed by atoms with Gasteiger partial charge in [0.15, 0.2) is 5.78 Å². The van der Waals surface area contributed by atoms with Gasteiger partial charge in [-0.2, -0.15) is 13.2 Å². The number of esters is 1. The van der Waals surface area contributed by atoms with E-state index >= 15 is 0 Å². The molecule has 1 aromatic rings. The molecule has 4 nitrogen and oxygen atoms in total. The number of benzene rings is 1. The number of allylic oxidation sites excluding steroid dienone is 3. The van der Waals surface area contributed by atoms with Crippen LogP contribution in [0.5, 0.6) is 0 Å². The van der Waals surface area contributed by atoms with Gasteiger partial charge in [0.2, 0.25) is 0 Å². The number of ketones is 1. The molecule has 162 valence electrons. The summed E-state index contributed by atoms with van der Waals surface area (Å²) in [5.41, 5.74) is 0.0271. The molecule has 0 bridgehead atoms. The largest absolute Gasteiger partial charge is 0.462 e. The van der Waals surface area contributed by atoms with Crippen molar-refractivity contribution in [3.63, 3.8) is 0 Å². The third kappa shape index (κ3) is 4.16. The third-order valence-electron chi connectivity index (χ3n) is 5.47. The van der Waals surface area contributed by atoms with Crippen LogP contribution >= 0.6 is 0 Å². The van der Waals surface area contributed by atoms with Gasteiger partial charge in [-0.15, -0.1) is 0 Å². The highest BCUT2D eigenvalue weighted by atomic mass is 19.4. The van der Waals surface area contributed by atoms with E-state index in [0.717, 1.165) is 6.07 Å². The normalized spacial score (nSPS) is 21.3. The Balaban J connectivity index is 2.24. The van der Waals surface area contributed by atoms with E-state index < -0.39 is 23.6 Å². The van der Waals surface area contributed by atoms with E-state index in [1.54, 1.807) is 6.92 Å². The second-order valence-electron chi connectivity index (χ2n) is 8.65. The highest BCUT2D eigenvalue weighted by Crippen LogP contribution is 2.49. The fourth-order valence-corrected chi connectivity index (χ4v) is 4.30. The summed E-state index contributed by atoms with van der Waals surface area (Å²) in [6, 6.07) is 5.13. The Morgan fingerprint density at radius 1 is 1.23 bits per heavy atom. The van der Waals surface area contributed by atoms with Gasteiger partial charge in [0.25, 0.3) is 0 Å². The van der Waals surface area contributed by atoms with Gasteiger partial charge in [0, 0.05) is 29.3 Å². The maximum atomic E-state index is 13.8. The summed E-state index contributed by atoms with van der Waals surface area (Å²) < 4.78 is 46.8. The summed E-state index contributed by atoms with van der Waals surface area (Å²) in [4.78, 5) is 26.0. The van der Waals surface area contributed by atoms with Crippen LogP contribution in [0.15, 0.2) is 46.8 Å². The number of hydrogen-bond donors (Lipinski definition) is 1. The molecule has 3 rings (SSSR count). The van der Waals surface area contributed by atoms with Crippen LogP contribution < -0.4 is 5.32 Å². The van der Waals surface area contributed by atoms with E-state index in [0.29, 0.717) is 24.2 Å². The molecule has 1 aliphatic carbocycles. The molecule has 1 aliphatic heterocycles. The molecule has 7 heteroatoms. The van der Waals surface area contributed by atoms with Gasteiger partial charge in [-0.3, -0.25) is 4.79 Å². The Labute approximate surface area is 174 Å². The first-order chi connectivity index (χ1) is 14.0. The number of nitrogens with one attached hydrogen (secondary N) is 1. The van der Waals surface area contributed by atoms with Gasteiger partial charge in [-0.05, 0) is 36.8 Å². The fraction of sp³-hybridized carbons (Fsp3) is 0.478. The molecule has 0 radical (unpaired) electrons. The van der Waals surface area contributed by atoms with Crippen LogP contribution in [0.4, 0.5) is 13.2 Å². The first kappa shape index (κ1) is 22.1. The predicted octanol–water partition coefficient (Wildman–Crippen LogP) is 5.26. The molecule has 1 unspecified atom stereocenters. The van der Waals surface area contributed by atoms with Crippen LogP contribution in [-0.4, -0.2) is 18.4 Å². The quantitative estimate of drug-likeness (QED) is 0.674. The zero-order valence-electron chi connectivity index (χ0n) is 17.6. The van der Waals surface area contributed by atoms with Gasteiger partial charge in [-0.1, -0.05) is 39.0 Å². The molecular formula is C23H26F3NO3. The number of carbonyl (C=O) groups excluding carboxylic acids is 2. The minimum absolute atomic E-state index is 0.0620. The number of rotatable bonds is 4. The van der Waals surface area contributed by atoms with Crippen LogP contribution in [0.1, 0.15) is 64.0 Å². The zero-order valence-corrected chi connectivity index (χ0v) is 17.6. The van der Waals surface area contributed by atoms with E-state index in [2.05, 4.69) is 5.32 Å². The topological polar surface area (TPSA) is 55.4 Å².